The fraction of sp³-hybridized carbons (Fsp3) is 0. The Morgan fingerprint density at radius 2 is 0.944 bits per heavy atom. The smallest absolute Gasteiger partial charge is 0.196 e. The van der Waals surface area contributed by atoms with Crippen LogP contribution in [-0.4, -0.2) is 0 Å². The van der Waals surface area contributed by atoms with Crippen LogP contribution >= 0.6 is 35.6 Å². The lowest BCUT2D eigenvalue weighted by Crippen LogP contribution is -2.07. The molecule has 92 valence electrons. The van der Waals surface area contributed by atoms with E-state index in [1.165, 1.54) is 0 Å². The van der Waals surface area contributed by atoms with Gasteiger partial charge in [-0.05, 0) is 22.5 Å². The predicted molar refractivity (Wildman–Crippen MR) is 82.6 cm³/mol. The summed E-state index contributed by atoms with van der Waals surface area (Å²) < 4.78 is 9.22. The molecule has 0 aromatic heterocycles. The minimum atomic E-state index is -2.24. The maximum absolute atomic E-state index is 6.49. The molecular formula is C12H10Cl2N2P2. The lowest BCUT2D eigenvalue weighted by Gasteiger charge is -2.28. The number of rotatable bonds is 2. The fourth-order valence-corrected chi connectivity index (χ4v) is 11.9. The van der Waals surface area contributed by atoms with Crippen molar-refractivity contribution in [1.82, 2.24) is 0 Å². The van der Waals surface area contributed by atoms with E-state index in [0.29, 0.717) is 0 Å². The summed E-state index contributed by atoms with van der Waals surface area (Å²) in [5.74, 6) is 0. The van der Waals surface area contributed by atoms with E-state index >= 15 is 0 Å². The number of benzene rings is 2. The summed E-state index contributed by atoms with van der Waals surface area (Å²) in [5.41, 5.74) is 0. The van der Waals surface area contributed by atoms with Crippen LogP contribution < -0.4 is 10.6 Å². The van der Waals surface area contributed by atoms with Crippen LogP contribution in [0.2, 0.25) is 0 Å². The summed E-state index contributed by atoms with van der Waals surface area (Å²) in [6.07, 6.45) is 0. The zero-order chi connectivity index (χ0) is 12.6. The van der Waals surface area contributed by atoms with Gasteiger partial charge in [-0.25, -0.2) is 9.03 Å². The van der Waals surface area contributed by atoms with E-state index in [1.807, 2.05) is 60.7 Å². The minimum Gasteiger partial charge on any atom is -0.203 e. The molecule has 0 N–H and O–H groups in total. The van der Waals surface area contributed by atoms with Gasteiger partial charge in [0.05, 0.1) is 0 Å². The molecule has 2 aromatic carbocycles. The Balaban J connectivity index is 2.02. The molecule has 0 aliphatic carbocycles. The summed E-state index contributed by atoms with van der Waals surface area (Å²) in [7, 11) is 0. The zero-order valence-corrected chi connectivity index (χ0v) is 12.6. The van der Waals surface area contributed by atoms with Gasteiger partial charge >= 0.3 is 0 Å². The van der Waals surface area contributed by atoms with Gasteiger partial charge in [-0.2, -0.15) is 0 Å². The Bertz CT molecular complexity index is 611. The third-order valence-corrected chi connectivity index (χ3v) is 12.0. The molecular weight excluding hydrogens is 305 g/mol. The zero-order valence-electron chi connectivity index (χ0n) is 9.32. The average molecular weight is 315 g/mol. The Labute approximate surface area is 116 Å². The summed E-state index contributed by atoms with van der Waals surface area (Å²) in [4.78, 5) is 0. The van der Waals surface area contributed by atoms with Crippen molar-refractivity contribution in [2.75, 3.05) is 0 Å². The third-order valence-electron chi connectivity index (χ3n) is 2.64. The second kappa shape index (κ2) is 4.54. The summed E-state index contributed by atoms with van der Waals surface area (Å²) in [6, 6.07) is 19.5. The molecule has 0 amide bonds. The minimum absolute atomic E-state index is 0.971. The molecule has 1 aliphatic heterocycles. The lowest BCUT2D eigenvalue weighted by molar-refractivity contribution is 1.68. The molecule has 3 rings (SSSR count). The Morgan fingerprint density at radius 1 is 0.611 bits per heavy atom. The highest BCUT2D eigenvalue weighted by atomic mass is 35.7. The first kappa shape index (κ1) is 12.5. The van der Waals surface area contributed by atoms with Crippen LogP contribution in [0, 0.1) is 0 Å². The van der Waals surface area contributed by atoms with Gasteiger partial charge in [-0.3, -0.25) is 0 Å². The molecule has 0 saturated heterocycles. The average Bonchev–Trinajstić information content (AvgIpc) is 2.39. The van der Waals surface area contributed by atoms with E-state index in [4.69, 9.17) is 22.5 Å². The molecule has 6 heteroatoms. The van der Waals surface area contributed by atoms with Gasteiger partial charge in [-0.1, -0.05) is 60.7 Å². The molecule has 0 spiro atoms. The molecule has 0 fully saturated rings. The molecule has 18 heavy (non-hydrogen) atoms. The highest BCUT2D eigenvalue weighted by Crippen LogP contribution is 2.81. The van der Waals surface area contributed by atoms with Gasteiger partial charge < -0.3 is 0 Å². The van der Waals surface area contributed by atoms with Gasteiger partial charge in [0.1, 0.15) is 0 Å². The number of hydrogen-bond donors (Lipinski definition) is 0. The van der Waals surface area contributed by atoms with Crippen LogP contribution in [0.25, 0.3) is 0 Å². The van der Waals surface area contributed by atoms with Crippen molar-refractivity contribution in [3.63, 3.8) is 0 Å². The molecule has 0 atom stereocenters. The van der Waals surface area contributed by atoms with Crippen molar-refractivity contribution in [2.45, 2.75) is 0 Å². The monoisotopic (exact) mass is 314 g/mol. The summed E-state index contributed by atoms with van der Waals surface area (Å²) in [6.45, 7) is -4.49. The topological polar surface area (TPSA) is 24.7 Å². The van der Waals surface area contributed by atoms with E-state index in [9.17, 15) is 0 Å². The van der Waals surface area contributed by atoms with Crippen molar-refractivity contribution in [1.29, 1.82) is 0 Å². The van der Waals surface area contributed by atoms with E-state index in [2.05, 4.69) is 9.03 Å². The second-order valence-corrected chi connectivity index (χ2v) is 11.3. The van der Waals surface area contributed by atoms with Crippen molar-refractivity contribution in [2.24, 2.45) is 9.03 Å². The largest absolute Gasteiger partial charge is 0.203 e. The fourth-order valence-electron chi connectivity index (χ4n) is 1.76. The third kappa shape index (κ3) is 2.08. The second-order valence-electron chi connectivity index (χ2n) is 3.90. The summed E-state index contributed by atoms with van der Waals surface area (Å²) >= 11 is 13.0. The standard InChI is InChI=1S/C12H10Cl2N2P2/c13-17(11-7-3-1-4-8-11)15-18(14,16-17)12-9-5-2-6-10-12/h1-10H. The Morgan fingerprint density at radius 3 is 1.28 bits per heavy atom. The highest BCUT2D eigenvalue weighted by molar-refractivity contribution is 8.14. The normalized spacial score (nSPS) is 29.9. The van der Waals surface area contributed by atoms with E-state index in [-0.39, 0.29) is 0 Å². The highest BCUT2D eigenvalue weighted by Gasteiger charge is 2.36. The van der Waals surface area contributed by atoms with Gasteiger partial charge in [0.25, 0.3) is 0 Å². The van der Waals surface area contributed by atoms with Crippen molar-refractivity contribution < 1.29 is 0 Å². The predicted octanol–water partition coefficient (Wildman–Crippen LogP) is 5.19. The quantitative estimate of drug-likeness (QED) is 0.681. The molecule has 0 saturated carbocycles. The van der Waals surface area contributed by atoms with Crippen molar-refractivity contribution >= 4 is 46.2 Å². The first-order valence-corrected chi connectivity index (χ1v) is 10.6. The van der Waals surface area contributed by atoms with Crippen LogP contribution in [0.15, 0.2) is 69.7 Å². The molecule has 0 bridgehead atoms. The van der Waals surface area contributed by atoms with Gasteiger partial charge in [0.15, 0.2) is 13.1 Å². The molecule has 1 heterocycles. The molecule has 2 aromatic rings. The number of halogens is 2. The van der Waals surface area contributed by atoms with Crippen LogP contribution in [0.1, 0.15) is 0 Å². The maximum atomic E-state index is 6.49. The van der Waals surface area contributed by atoms with E-state index < -0.39 is 13.1 Å². The first-order valence-electron chi connectivity index (χ1n) is 5.41. The van der Waals surface area contributed by atoms with Crippen LogP contribution in [0.5, 0.6) is 0 Å². The Kier molecular flexibility index (Phi) is 3.16. The van der Waals surface area contributed by atoms with Crippen molar-refractivity contribution in [3.8, 4) is 0 Å². The maximum Gasteiger partial charge on any atom is 0.196 e. The van der Waals surface area contributed by atoms with Gasteiger partial charge in [-0.15, -0.1) is 0 Å². The SMILES string of the molecule is ClP1(c2ccccc2)=NP(Cl)(c2ccccc2)=N1. The van der Waals surface area contributed by atoms with Crippen LogP contribution in [0.3, 0.4) is 0 Å². The molecule has 1 aliphatic rings. The van der Waals surface area contributed by atoms with Crippen LogP contribution in [-0.2, 0) is 0 Å². The van der Waals surface area contributed by atoms with Gasteiger partial charge in [0, 0.05) is 10.6 Å². The van der Waals surface area contributed by atoms with Crippen molar-refractivity contribution in [3.05, 3.63) is 60.7 Å². The van der Waals surface area contributed by atoms with Crippen LogP contribution in [0.4, 0.5) is 0 Å². The first-order chi connectivity index (χ1) is 8.62. The molecule has 2 nitrogen and oxygen atoms in total. The van der Waals surface area contributed by atoms with E-state index in [0.717, 1.165) is 10.6 Å². The number of hydrogen-bond acceptors (Lipinski definition) is 2. The molecule has 0 unspecified atom stereocenters. The molecule has 0 radical (unpaired) electrons. The number of nitrogens with zero attached hydrogens (tertiary/aromatic N) is 2. The lowest BCUT2D eigenvalue weighted by atomic mass is 10.4. The Hall–Kier alpha value is -0.520. The summed E-state index contributed by atoms with van der Waals surface area (Å²) in [5, 5.41) is 1.94. The van der Waals surface area contributed by atoms with Gasteiger partial charge in [0.2, 0.25) is 0 Å². The van der Waals surface area contributed by atoms with E-state index in [1.54, 1.807) is 0 Å².